The molecule has 1 atom stereocenters. The van der Waals surface area contributed by atoms with Crippen molar-refractivity contribution in [1.29, 1.82) is 0 Å². The maximum Gasteiger partial charge on any atom is 0.0934 e. The van der Waals surface area contributed by atoms with E-state index in [1.807, 2.05) is 53.2 Å². The molecule has 0 N–H and O–H groups in total. The van der Waals surface area contributed by atoms with Crippen LogP contribution in [0.3, 0.4) is 0 Å². The predicted molar refractivity (Wildman–Crippen MR) is 214 cm³/mol. The molecule has 0 fully saturated rings. The molecule has 7 aromatic rings. The number of aromatic nitrogens is 2. The first-order valence-electron chi connectivity index (χ1n) is 16.8. The minimum absolute atomic E-state index is 0. The highest BCUT2D eigenvalue weighted by Gasteiger charge is 2.29. The Morgan fingerprint density at radius 1 is 0.551 bits per heavy atom. The number of nitrogens with zero attached hydrogens (tertiary/aromatic N) is 4. The van der Waals surface area contributed by atoms with Crippen molar-refractivity contribution in [3.63, 3.8) is 0 Å². The second-order valence-corrected chi connectivity index (χ2v) is 13.2. The highest BCUT2D eigenvalue weighted by molar-refractivity contribution is 9.10. The van der Waals surface area contributed by atoms with Crippen LogP contribution in [0.25, 0.3) is 28.2 Å². The van der Waals surface area contributed by atoms with Crippen LogP contribution in [0.2, 0.25) is 0 Å². The van der Waals surface area contributed by atoms with Crippen LogP contribution in [0.5, 0.6) is 0 Å². The van der Waals surface area contributed by atoms with Crippen LogP contribution in [0.15, 0.2) is 190 Å². The van der Waals surface area contributed by atoms with E-state index in [4.69, 9.17) is 13.2 Å². The van der Waals surface area contributed by atoms with Crippen molar-refractivity contribution in [2.45, 2.75) is 19.9 Å². The molecule has 0 saturated heterocycles. The van der Waals surface area contributed by atoms with Crippen molar-refractivity contribution in [3.05, 3.63) is 196 Å². The van der Waals surface area contributed by atoms with Crippen LogP contribution < -0.4 is 5.01 Å². The fourth-order valence-corrected chi connectivity index (χ4v) is 6.66. The predicted octanol–water partition coefficient (Wildman–Crippen LogP) is 12.7. The Kier molecular flexibility index (Phi) is 10.6. The van der Waals surface area contributed by atoms with E-state index in [-0.39, 0.29) is 13.5 Å². The fourth-order valence-electron chi connectivity index (χ4n) is 5.86. The number of hydrazone groups is 1. The van der Waals surface area contributed by atoms with Crippen LogP contribution in [0, 0.1) is 0 Å². The second-order valence-electron chi connectivity index (χ2n) is 11.4. The van der Waals surface area contributed by atoms with Crippen molar-refractivity contribution < 1.29 is 2.97 Å². The molecule has 1 aliphatic heterocycles. The molecule has 0 saturated carbocycles. The zero-order valence-corrected chi connectivity index (χ0v) is 29.2. The number of para-hydroxylation sites is 2. The van der Waals surface area contributed by atoms with Crippen molar-refractivity contribution >= 4 is 43.3 Å². The molecule has 4 nitrogen and oxygen atoms in total. The molecule has 0 radical (unpaired) electrons. The lowest BCUT2D eigenvalue weighted by Gasteiger charge is -2.23. The smallest absolute Gasteiger partial charge is 0.0934 e. The Morgan fingerprint density at radius 2 is 1.06 bits per heavy atom. The highest BCUT2D eigenvalue weighted by Crippen LogP contribution is 2.37. The third-order valence-corrected chi connectivity index (χ3v) is 9.16. The van der Waals surface area contributed by atoms with Gasteiger partial charge in [-0.1, -0.05) is 161 Å². The normalized spacial score (nSPS) is 13.7. The molecule has 6 aromatic carbocycles. The molecule has 0 aliphatic carbocycles. The average molecular weight is 773 g/mol. The Hall–Kier alpha value is -5.04. The Balaban J connectivity index is 0.000000185. The third-order valence-electron chi connectivity index (χ3n) is 8.17. The van der Waals surface area contributed by atoms with Gasteiger partial charge in [0.05, 0.1) is 34.5 Å². The summed E-state index contributed by atoms with van der Waals surface area (Å²) in [4.78, 5) is 0. The summed E-state index contributed by atoms with van der Waals surface area (Å²) >= 11 is 7.10. The number of hydrogen-bond donors (Lipinski definition) is 0. The van der Waals surface area contributed by atoms with Gasteiger partial charge in [0.1, 0.15) is 0 Å². The average Bonchev–Trinajstić information content (AvgIpc) is 3.84. The summed E-state index contributed by atoms with van der Waals surface area (Å²) in [5.74, 6) is 0. The lowest BCUT2D eigenvalue weighted by molar-refractivity contribution is 0.709. The maximum absolute atomic E-state index is 5.00. The summed E-state index contributed by atoms with van der Waals surface area (Å²) in [6.07, 6.45) is 0.898. The van der Waals surface area contributed by atoms with Crippen molar-refractivity contribution in [2.75, 3.05) is 5.01 Å². The van der Waals surface area contributed by atoms with Gasteiger partial charge in [-0.05, 0) is 65.7 Å². The molecule has 0 bridgehead atoms. The first-order chi connectivity index (χ1) is 24.6. The summed E-state index contributed by atoms with van der Waals surface area (Å²) in [6, 6.07) is 60.5. The van der Waals surface area contributed by atoms with Gasteiger partial charge in [-0.25, -0.2) is 4.68 Å². The van der Waals surface area contributed by atoms with Gasteiger partial charge in [-0.2, -0.15) is 10.2 Å². The van der Waals surface area contributed by atoms with Crippen LogP contribution in [0.4, 0.5) is 5.69 Å². The maximum atomic E-state index is 5.00. The number of hydrogen-bond acceptors (Lipinski definition) is 3. The molecule has 1 aromatic heterocycles. The van der Waals surface area contributed by atoms with Crippen molar-refractivity contribution in [1.82, 2.24) is 9.78 Å². The zero-order chi connectivity index (χ0) is 34.7. The minimum atomic E-state index is 0. The molecule has 1 unspecified atom stereocenters. The van der Waals surface area contributed by atoms with Gasteiger partial charge in [0.25, 0.3) is 0 Å². The van der Waals surface area contributed by atoms with E-state index in [0.29, 0.717) is 0 Å². The largest absolute Gasteiger partial charge is 0.257 e. The van der Waals surface area contributed by atoms with Gasteiger partial charge in [-0.15, -0.1) is 0 Å². The topological polar surface area (TPSA) is 33.4 Å². The minimum Gasteiger partial charge on any atom is -0.257 e. The van der Waals surface area contributed by atoms with Gasteiger partial charge in [-0.3, -0.25) is 5.01 Å². The molecule has 244 valence electrons. The van der Waals surface area contributed by atoms with Gasteiger partial charge in [0.15, 0.2) is 0 Å². The first-order valence-corrected chi connectivity index (χ1v) is 17.4. The quantitative estimate of drug-likeness (QED) is 0.169. The molecule has 0 amide bonds. The fraction of sp³-hybridized carbons (Fsp3) is 0.0698. The Morgan fingerprint density at radius 3 is 1.67 bits per heavy atom. The van der Waals surface area contributed by atoms with E-state index in [1.165, 1.54) is 11.1 Å². The van der Waals surface area contributed by atoms with Crippen LogP contribution in [0.1, 0.15) is 34.0 Å². The van der Waals surface area contributed by atoms with Crippen molar-refractivity contribution in [3.8, 4) is 28.2 Å². The molecule has 1 aliphatic rings. The SMILES string of the molecule is Brc1cccc(-c2cc(-c3ccccc3)n(-c3ccccc3)n2)c1.Brc1cccc(C2=NN(c3ccccc3)C(c3ccccc3)C2)c1.C.[2H][2H]. The van der Waals surface area contributed by atoms with Gasteiger partial charge < -0.3 is 0 Å². The summed E-state index contributed by atoms with van der Waals surface area (Å²) < 4.78 is 14.1. The van der Waals surface area contributed by atoms with Crippen LogP contribution >= 0.6 is 31.9 Å². The summed E-state index contributed by atoms with van der Waals surface area (Å²) in [7, 11) is 0. The molecule has 8 rings (SSSR count). The Bertz CT molecular complexity index is 2080. The first kappa shape index (κ1) is 32.5. The third kappa shape index (κ3) is 7.99. The number of benzene rings is 6. The number of anilines is 1. The van der Waals surface area contributed by atoms with Crippen LogP contribution in [-0.2, 0) is 0 Å². The van der Waals surface area contributed by atoms with Crippen molar-refractivity contribution in [2.24, 2.45) is 5.10 Å². The molecule has 0 spiro atoms. The van der Waals surface area contributed by atoms with Gasteiger partial charge in [0, 0.05) is 29.5 Å². The van der Waals surface area contributed by atoms with Gasteiger partial charge >= 0.3 is 0 Å². The number of rotatable bonds is 6. The summed E-state index contributed by atoms with van der Waals surface area (Å²) in [5.41, 5.74) is 10.0. The second kappa shape index (κ2) is 15.9. The molecule has 6 heteroatoms. The zero-order valence-electron chi connectivity index (χ0n) is 28.1. The molecule has 2 heterocycles. The Labute approximate surface area is 308 Å². The molecule has 49 heavy (non-hydrogen) atoms. The summed E-state index contributed by atoms with van der Waals surface area (Å²) in [6.45, 7) is 0. The van der Waals surface area contributed by atoms with Gasteiger partial charge in [0.2, 0.25) is 0 Å². The lowest BCUT2D eigenvalue weighted by Crippen LogP contribution is -2.18. The summed E-state index contributed by atoms with van der Waals surface area (Å²) in [5, 5.41) is 12.0. The standard InChI is InChI=1S/C21H17BrN2.C21H15BrN2.CH4.H2/c2*22-18-11-7-10-17(14-18)20-15-21(16-8-3-1-4-9-16)24(23-20)19-12-5-2-6-13-19;;/h1-14,21H,15H2;1-15H;1H4;1H/i;;;1+1D. The van der Waals surface area contributed by atoms with E-state index >= 15 is 0 Å². The van der Waals surface area contributed by atoms with E-state index < -0.39 is 0 Å². The van der Waals surface area contributed by atoms with E-state index in [2.05, 4.69) is 164 Å². The van der Waals surface area contributed by atoms with E-state index in [0.717, 1.165) is 55.0 Å². The van der Waals surface area contributed by atoms with E-state index in [9.17, 15) is 0 Å². The monoisotopic (exact) mass is 770 g/mol. The molecular formula is C43H38Br2N4. The van der Waals surface area contributed by atoms with Crippen LogP contribution in [-0.4, -0.2) is 15.5 Å². The lowest BCUT2D eigenvalue weighted by atomic mass is 9.98. The van der Waals surface area contributed by atoms with E-state index in [1.54, 1.807) is 0 Å². The molecular weight excluding hydrogens is 732 g/mol. The highest BCUT2D eigenvalue weighted by atomic mass is 79.9. The number of halogens is 2.